The monoisotopic (exact) mass is 277 g/mol. The third kappa shape index (κ3) is 2.15. The first-order valence-electron chi connectivity index (χ1n) is 4.10. The van der Waals surface area contributed by atoms with Crippen molar-refractivity contribution in [2.24, 2.45) is 0 Å². The molecule has 1 aromatic heterocycles. The van der Waals surface area contributed by atoms with Crippen molar-refractivity contribution < 1.29 is 8.42 Å². The average molecular weight is 278 g/mol. The summed E-state index contributed by atoms with van der Waals surface area (Å²) in [7, 11) is -3.29. The number of hydrogen-bond acceptors (Lipinski definition) is 3. The van der Waals surface area contributed by atoms with Crippen LogP contribution in [0, 0.1) is 0 Å². The van der Waals surface area contributed by atoms with E-state index in [1.165, 1.54) is 6.20 Å². The number of sulfone groups is 1. The Morgan fingerprint density at radius 1 is 1.29 bits per heavy atom. The zero-order valence-corrected chi connectivity index (χ0v) is 10.7. The molecule has 78 valence electrons. The zero-order valence-electron chi connectivity index (χ0n) is 8.28. The van der Waals surface area contributed by atoms with Crippen LogP contribution >= 0.6 is 15.9 Å². The first-order valence-corrected chi connectivity index (χ1v) is 6.38. The number of pyridine rings is 1. The molecule has 0 saturated carbocycles. The summed E-state index contributed by atoms with van der Waals surface area (Å²) in [5.74, 6) is 0. The van der Waals surface area contributed by atoms with Crippen molar-refractivity contribution in [2.75, 3.05) is 0 Å². The van der Waals surface area contributed by atoms with Crippen LogP contribution in [0.3, 0.4) is 0 Å². The Morgan fingerprint density at radius 2 is 1.86 bits per heavy atom. The second-order valence-electron chi connectivity index (χ2n) is 3.95. The Bertz CT molecular complexity index is 434. The van der Waals surface area contributed by atoms with E-state index in [-0.39, 0.29) is 4.90 Å². The summed E-state index contributed by atoms with van der Waals surface area (Å²) >= 11 is 3.19. The maximum Gasteiger partial charge on any atom is 0.184 e. The third-order valence-electron chi connectivity index (χ3n) is 1.80. The summed E-state index contributed by atoms with van der Waals surface area (Å²) in [6.07, 6.45) is 2.92. The van der Waals surface area contributed by atoms with Crippen molar-refractivity contribution in [1.82, 2.24) is 4.98 Å². The van der Waals surface area contributed by atoms with Crippen LogP contribution in [-0.4, -0.2) is 18.1 Å². The van der Waals surface area contributed by atoms with Crippen molar-refractivity contribution >= 4 is 25.8 Å². The van der Waals surface area contributed by atoms with Crippen LogP contribution in [-0.2, 0) is 9.84 Å². The molecule has 3 nitrogen and oxygen atoms in total. The van der Waals surface area contributed by atoms with E-state index in [0.717, 1.165) is 0 Å². The van der Waals surface area contributed by atoms with Crippen LogP contribution in [0.15, 0.2) is 27.8 Å². The van der Waals surface area contributed by atoms with Gasteiger partial charge in [0.1, 0.15) is 0 Å². The highest BCUT2D eigenvalue weighted by Crippen LogP contribution is 2.25. The van der Waals surface area contributed by atoms with Gasteiger partial charge in [0.2, 0.25) is 0 Å². The molecule has 0 N–H and O–H groups in total. The second-order valence-corrected chi connectivity index (χ2v) is 7.57. The normalized spacial score (nSPS) is 12.9. The molecular formula is C9H12BrNO2S. The molecule has 1 rings (SSSR count). The molecule has 0 aliphatic carbocycles. The third-order valence-corrected chi connectivity index (χ3v) is 4.69. The largest absolute Gasteiger partial charge is 0.262 e. The van der Waals surface area contributed by atoms with Crippen LogP contribution < -0.4 is 0 Å². The molecule has 0 aliphatic heterocycles. The molecule has 14 heavy (non-hydrogen) atoms. The summed E-state index contributed by atoms with van der Waals surface area (Å²) in [6, 6.07) is 1.56. The van der Waals surface area contributed by atoms with Crippen LogP contribution in [0.25, 0.3) is 0 Å². The van der Waals surface area contributed by atoms with Gasteiger partial charge in [-0.05, 0) is 42.8 Å². The Morgan fingerprint density at radius 3 is 2.29 bits per heavy atom. The van der Waals surface area contributed by atoms with Gasteiger partial charge in [0, 0.05) is 16.9 Å². The van der Waals surface area contributed by atoms with Gasteiger partial charge in [-0.25, -0.2) is 8.42 Å². The topological polar surface area (TPSA) is 47.0 Å². The van der Waals surface area contributed by atoms with E-state index >= 15 is 0 Å². The summed E-state index contributed by atoms with van der Waals surface area (Å²) < 4.78 is 23.8. The molecule has 0 amide bonds. The highest BCUT2D eigenvalue weighted by Gasteiger charge is 2.31. The van der Waals surface area contributed by atoms with E-state index in [4.69, 9.17) is 0 Å². The number of rotatable bonds is 1. The van der Waals surface area contributed by atoms with Gasteiger partial charge in [0.25, 0.3) is 0 Å². The Balaban J connectivity index is 3.32. The molecular weight excluding hydrogens is 266 g/mol. The molecule has 0 aromatic carbocycles. The molecule has 0 radical (unpaired) electrons. The maximum atomic E-state index is 11.9. The molecule has 1 aromatic rings. The highest BCUT2D eigenvalue weighted by molar-refractivity contribution is 9.10. The maximum absolute atomic E-state index is 11.9. The van der Waals surface area contributed by atoms with Gasteiger partial charge in [-0.1, -0.05) is 0 Å². The van der Waals surface area contributed by atoms with Gasteiger partial charge >= 0.3 is 0 Å². The molecule has 0 aliphatic rings. The predicted molar refractivity (Wildman–Crippen MR) is 58.9 cm³/mol. The predicted octanol–water partition coefficient (Wildman–Crippen LogP) is 2.42. The SMILES string of the molecule is CC(C)(C)S(=O)(=O)c1cncc(Br)c1. The molecule has 1 heterocycles. The minimum absolute atomic E-state index is 0.249. The minimum atomic E-state index is -3.29. The number of nitrogens with zero attached hydrogens (tertiary/aromatic N) is 1. The fraction of sp³-hybridized carbons (Fsp3) is 0.444. The zero-order chi connectivity index (χ0) is 11.0. The lowest BCUT2D eigenvalue weighted by Gasteiger charge is -2.18. The van der Waals surface area contributed by atoms with Crippen molar-refractivity contribution in [3.8, 4) is 0 Å². The van der Waals surface area contributed by atoms with Gasteiger partial charge in [0.05, 0.1) is 9.64 Å². The summed E-state index contributed by atoms with van der Waals surface area (Å²) in [6.45, 7) is 5.01. The van der Waals surface area contributed by atoms with Crippen molar-refractivity contribution in [2.45, 2.75) is 30.4 Å². The van der Waals surface area contributed by atoms with E-state index in [9.17, 15) is 8.42 Å². The van der Waals surface area contributed by atoms with E-state index < -0.39 is 14.6 Å². The van der Waals surface area contributed by atoms with Crippen molar-refractivity contribution in [3.63, 3.8) is 0 Å². The van der Waals surface area contributed by atoms with E-state index in [1.54, 1.807) is 33.0 Å². The number of hydrogen-bond donors (Lipinski definition) is 0. The van der Waals surface area contributed by atoms with Crippen LogP contribution in [0.1, 0.15) is 20.8 Å². The molecule has 0 unspecified atom stereocenters. The van der Waals surface area contributed by atoms with Gasteiger partial charge < -0.3 is 0 Å². The molecule has 0 atom stereocenters. The lowest BCUT2D eigenvalue weighted by atomic mass is 10.3. The van der Waals surface area contributed by atoms with Crippen LogP contribution in [0.2, 0.25) is 0 Å². The lowest BCUT2D eigenvalue weighted by Crippen LogP contribution is -2.27. The summed E-state index contributed by atoms with van der Waals surface area (Å²) in [5.41, 5.74) is 0. The van der Waals surface area contributed by atoms with Crippen molar-refractivity contribution in [1.29, 1.82) is 0 Å². The molecule has 5 heteroatoms. The fourth-order valence-corrected chi connectivity index (χ4v) is 2.60. The van der Waals surface area contributed by atoms with Crippen LogP contribution in [0.4, 0.5) is 0 Å². The average Bonchev–Trinajstić information content (AvgIpc) is 2.02. The van der Waals surface area contributed by atoms with E-state index in [2.05, 4.69) is 20.9 Å². The molecule has 0 spiro atoms. The van der Waals surface area contributed by atoms with E-state index in [1.807, 2.05) is 0 Å². The minimum Gasteiger partial charge on any atom is -0.262 e. The summed E-state index contributed by atoms with van der Waals surface area (Å²) in [5, 5.41) is 0. The molecule has 0 saturated heterocycles. The Hall–Kier alpha value is -0.420. The highest BCUT2D eigenvalue weighted by atomic mass is 79.9. The summed E-state index contributed by atoms with van der Waals surface area (Å²) in [4.78, 5) is 4.09. The standard InChI is InChI=1S/C9H12BrNO2S/c1-9(2,3)14(12,13)8-4-7(10)5-11-6-8/h4-6H,1-3H3. The second kappa shape index (κ2) is 3.62. The first kappa shape index (κ1) is 11.7. The van der Waals surface area contributed by atoms with Gasteiger partial charge in [-0.15, -0.1) is 0 Å². The quantitative estimate of drug-likeness (QED) is 0.792. The van der Waals surface area contributed by atoms with Gasteiger partial charge in [0.15, 0.2) is 9.84 Å². The van der Waals surface area contributed by atoms with Crippen LogP contribution in [0.5, 0.6) is 0 Å². The van der Waals surface area contributed by atoms with E-state index in [0.29, 0.717) is 4.47 Å². The first-order chi connectivity index (χ1) is 6.25. The smallest absolute Gasteiger partial charge is 0.184 e. The van der Waals surface area contributed by atoms with Gasteiger partial charge in [-0.3, -0.25) is 4.98 Å². The molecule has 0 bridgehead atoms. The van der Waals surface area contributed by atoms with Gasteiger partial charge in [-0.2, -0.15) is 0 Å². The Labute approximate surface area is 92.6 Å². The number of aromatic nitrogens is 1. The number of halogens is 1. The Kier molecular flexibility index (Phi) is 3.02. The lowest BCUT2D eigenvalue weighted by molar-refractivity contribution is 0.559. The van der Waals surface area contributed by atoms with Crippen molar-refractivity contribution in [3.05, 3.63) is 22.9 Å². The fourth-order valence-electron chi connectivity index (χ4n) is 0.893. The molecule has 0 fully saturated rings.